The van der Waals surface area contributed by atoms with Crippen molar-refractivity contribution in [2.75, 3.05) is 4.90 Å². The van der Waals surface area contributed by atoms with Gasteiger partial charge in [0.2, 0.25) is 0 Å². The average Bonchev–Trinajstić information content (AvgIpc) is 3.88. The molecule has 0 heterocycles. The van der Waals surface area contributed by atoms with Crippen LogP contribution in [0.25, 0.3) is 33.4 Å². The summed E-state index contributed by atoms with van der Waals surface area (Å²) in [5, 5.41) is 0. The molecule has 5 saturated carbocycles. The van der Waals surface area contributed by atoms with E-state index in [1.807, 2.05) is 0 Å². The summed E-state index contributed by atoms with van der Waals surface area (Å²) in [6.07, 6.45) is 12.2. The first-order valence-electron chi connectivity index (χ1n) is 20.2. The van der Waals surface area contributed by atoms with Crippen molar-refractivity contribution in [1.82, 2.24) is 0 Å². The summed E-state index contributed by atoms with van der Waals surface area (Å²) < 4.78 is 0. The van der Waals surface area contributed by atoms with E-state index >= 15 is 0 Å². The molecule has 6 aromatic carbocycles. The lowest BCUT2D eigenvalue weighted by molar-refractivity contribution is -0.0399. The van der Waals surface area contributed by atoms with Crippen molar-refractivity contribution in [2.45, 2.75) is 68.6 Å². The number of anilines is 3. The van der Waals surface area contributed by atoms with E-state index in [4.69, 9.17) is 0 Å². The molecule has 0 atom stereocenters. The molecule has 1 heteroatoms. The van der Waals surface area contributed by atoms with E-state index in [9.17, 15) is 0 Å². The second-order valence-electron chi connectivity index (χ2n) is 17.2. The van der Waals surface area contributed by atoms with Crippen molar-refractivity contribution >= 4 is 17.1 Å². The van der Waals surface area contributed by atoms with Gasteiger partial charge in [-0.2, -0.15) is 0 Å². The maximum absolute atomic E-state index is 2.67. The molecule has 1 nitrogen and oxygen atoms in total. The maximum atomic E-state index is 2.67. The first kappa shape index (κ1) is 29.7. The minimum atomic E-state index is 0.125. The molecule has 0 aliphatic heterocycles. The predicted octanol–water partition coefficient (Wildman–Crippen LogP) is 13.4. The standard InChI is InChI=1S/C51H45N/c1-2-12-35(13-3-1)36-22-24-39(25-23-36)52(46-20-10-18-44-48(46)40-14-4-6-16-42(40)50(44)26-8-9-27-50)47-21-11-19-45-49(47)41-15-5-7-17-43(41)51(45)37-29-33-28-34(31-37)32-38(51)30-33/h1-7,10-25,33-34,37-38H,8-9,26-32H2. The summed E-state index contributed by atoms with van der Waals surface area (Å²) in [7, 11) is 0. The number of rotatable bonds is 4. The van der Waals surface area contributed by atoms with E-state index in [1.165, 1.54) is 108 Å². The van der Waals surface area contributed by atoms with Crippen molar-refractivity contribution < 1.29 is 0 Å². The van der Waals surface area contributed by atoms with Gasteiger partial charge >= 0.3 is 0 Å². The molecule has 52 heavy (non-hydrogen) atoms. The third-order valence-electron chi connectivity index (χ3n) is 15.0. The van der Waals surface area contributed by atoms with E-state index in [2.05, 4.69) is 144 Å². The molecule has 0 aromatic heterocycles. The van der Waals surface area contributed by atoms with E-state index in [0.717, 1.165) is 23.7 Å². The van der Waals surface area contributed by atoms with Gasteiger partial charge in [0.25, 0.3) is 0 Å². The van der Waals surface area contributed by atoms with Crippen LogP contribution in [0, 0.1) is 23.7 Å². The highest BCUT2D eigenvalue weighted by atomic mass is 15.1. The highest BCUT2D eigenvalue weighted by Gasteiger charge is 2.62. The lowest BCUT2D eigenvalue weighted by Gasteiger charge is -2.61. The Morgan fingerprint density at radius 3 is 1.62 bits per heavy atom. The third kappa shape index (κ3) is 3.80. The predicted molar refractivity (Wildman–Crippen MR) is 215 cm³/mol. The van der Waals surface area contributed by atoms with Crippen LogP contribution in [0.3, 0.4) is 0 Å². The van der Waals surface area contributed by atoms with Crippen LogP contribution in [0.1, 0.15) is 80.0 Å². The number of hydrogen-bond acceptors (Lipinski definition) is 1. The van der Waals surface area contributed by atoms with Crippen LogP contribution in [-0.2, 0) is 10.8 Å². The second kappa shape index (κ2) is 10.8. The largest absolute Gasteiger partial charge is 0.309 e. The molecule has 6 aromatic rings. The Kier molecular flexibility index (Phi) is 6.18. The minimum Gasteiger partial charge on any atom is -0.309 e. The third-order valence-corrected chi connectivity index (χ3v) is 15.0. The number of nitrogens with zero attached hydrogens (tertiary/aromatic N) is 1. The lowest BCUT2D eigenvalue weighted by Crippen LogP contribution is -2.55. The quantitative estimate of drug-likeness (QED) is 0.180. The monoisotopic (exact) mass is 671 g/mol. The Morgan fingerprint density at radius 1 is 0.423 bits per heavy atom. The van der Waals surface area contributed by atoms with E-state index in [0.29, 0.717) is 0 Å². The Bertz CT molecular complexity index is 2350. The van der Waals surface area contributed by atoms with Gasteiger partial charge in [-0.3, -0.25) is 0 Å². The van der Waals surface area contributed by atoms with Gasteiger partial charge in [-0.1, -0.05) is 128 Å². The molecular weight excluding hydrogens is 627 g/mol. The zero-order chi connectivity index (χ0) is 34.0. The molecule has 0 radical (unpaired) electrons. The normalized spacial score (nSPS) is 26.4. The SMILES string of the molecule is c1ccc(-c2ccc(N(c3cccc4c3-c3ccccc3C43CCCC3)c3cccc4c3-c3ccccc3C43C4CC5CC(C4)CC3C5)cc2)cc1. The lowest BCUT2D eigenvalue weighted by atomic mass is 9.43. The Labute approximate surface area is 308 Å². The van der Waals surface area contributed by atoms with E-state index in [-0.39, 0.29) is 10.8 Å². The van der Waals surface area contributed by atoms with Crippen LogP contribution in [-0.4, -0.2) is 0 Å². The summed E-state index contributed by atoms with van der Waals surface area (Å²) >= 11 is 0. The first-order valence-corrected chi connectivity index (χ1v) is 20.2. The van der Waals surface area contributed by atoms with E-state index in [1.54, 1.807) is 22.3 Å². The number of hydrogen-bond donors (Lipinski definition) is 0. The van der Waals surface area contributed by atoms with Gasteiger partial charge in [0.05, 0.1) is 11.4 Å². The molecular formula is C51H45N. The van der Waals surface area contributed by atoms with Crippen molar-refractivity contribution in [1.29, 1.82) is 0 Å². The van der Waals surface area contributed by atoms with Crippen molar-refractivity contribution in [3.05, 3.63) is 162 Å². The van der Waals surface area contributed by atoms with Crippen molar-refractivity contribution in [2.24, 2.45) is 23.7 Å². The zero-order valence-electron chi connectivity index (χ0n) is 29.9. The smallest absolute Gasteiger partial charge is 0.0543 e. The molecule has 0 amide bonds. The Balaban J connectivity index is 1.12. The number of fused-ring (bicyclic) bond motifs is 8. The fourth-order valence-electron chi connectivity index (χ4n) is 13.4. The van der Waals surface area contributed by atoms with Crippen LogP contribution in [0.2, 0.25) is 0 Å². The van der Waals surface area contributed by atoms with Crippen LogP contribution in [0.5, 0.6) is 0 Å². The molecule has 254 valence electrons. The zero-order valence-corrected chi connectivity index (χ0v) is 29.9. The minimum absolute atomic E-state index is 0.125. The van der Waals surface area contributed by atoms with Crippen LogP contribution >= 0.6 is 0 Å². The fourth-order valence-corrected chi connectivity index (χ4v) is 13.4. The summed E-state index contributed by atoms with van der Waals surface area (Å²) in [6, 6.07) is 54.0. The van der Waals surface area contributed by atoms with Crippen molar-refractivity contribution in [3.63, 3.8) is 0 Å². The van der Waals surface area contributed by atoms with Crippen LogP contribution < -0.4 is 4.90 Å². The maximum Gasteiger partial charge on any atom is 0.0543 e. The van der Waals surface area contributed by atoms with Gasteiger partial charge < -0.3 is 4.90 Å². The summed E-state index contributed by atoms with van der Waals surface area (Å²) in [5.74, 6) is 3.36. The topological polar surface area (TPSA) is 3.24 Å². The Hall–Kier alpha value is -4.88. The summed E-state index contributed by atoms with van der Waals surface area (Å²) in [6.45, 7) is 0. The van der Waals surface area contributed by atoms with Gasteiger partial charge in [0.15, 0.2) is 0 Å². The molecule has 13 rings (SSSR count). The first-order chi connectivity index (χ1) is 25.7. The molecule has 0 saturated heterocycles. The molecule has 7 aliphatic carbocycles. The van der Waals surface area contributed by atoms with Crippen LogP contribution in [0.4, 0.5) is 17.1 Å². The van der Waals surface area contributed by atoms with Gasteiger partial charge in [-0.15, -0.1) is 0 Å². The molecule has 0 N–H and O–H groups in total. The number of benzene rings is 6. The van der Waals surface area contributed by atoms with Gasteiger partial charge in [-0.05, 0) is 137 Å². The van der Waals surface area contributed by atoms with Gasteiger partial charge in [0, 0.05) is 27.6 Å². The summed E-state index contributed by atoms with van der Waals surface area (Å²) in [4.78, 5) is 2.67. The molecule has 0 unspecified atom stereocenters. The molecule has 7 aliphatic rings. The Morgan fingerprint density at radius 2 is 0.942 bits per heavy atom. The van der Waals surface area contributed by atoms with Gasteiger partial charge in [0.1, 0.15) is 0 Å². The highest BCUT2D eigenvalue weighted by molar-refractivity contribution is 6.00. The van der Waals surface area contributed by atoms with Crippen molar-refractivity contribution in [3.8, 4) is 33.4 Å². The average molecular weight is 672 g/mol. The molecule has 4 bridgehead atoms. The molecule has 5 fully saturated rings. The second-order valence-corrected chi connectivity index (χ2v) is 17.2. The van der Waals surface area contributed by atoms with Gasteiger partial charge in [-0.25, -0.2) is 0 Å². The fraction of sp³-hybridized carbons (Fsp3) is 0.294. The molecule has 2 spiro atoms. The summed E-state index contributed by atoms with van der Waals surface area (Å²) in [5.41, 5.74) is 18.8. The highest BCUT2D eigenvalue weighted by Crippen LogP contribution is 2.70. The van der Waals surface area contributed by atoms with E-state index < -0.39 is 0 Å². The van der Waals surface area contributed by atoms with Crippen LogP contribution in [0.15, 0.2) is 140 Å².